The molecule has 2 rings (SSSR count). The maximum absolute atomic E-state index is 5.52. The van der Waals surface area contributed by atoms with Crippen LogP contribution >= 0.6 is 0 Å². The predicted molar refractivity (Wildman–Crippen MR) is 78.2 cm³/mol. The first-order chi connectivity index (χ1) is 9.30. The molecule has 2 unspecified atom stereocenters. The van der Waals surface area contributed by atoms with Crippen LogP contribution in [-0.2, 0) is 0 Å². The fourth-order valence-corrected chi connectivity index (χ4v) is 3.06. The first-order valence-electron chi connectivity index (χ1n) is 7.24. The van der Waals surface area contributed by atoms with E-state index < -0.39 is 0 Å². The molecule has 19 heavy (non-hydrogen) atoms. The minimum atomic E-state index is 0.542. The molecule has 1 aromatic carbocycles. The van der Waals surface area contributed by atoms with Crippen LogP contribution in [0.25, 0.3) is 0 Å². The van der Waals surface area contributed by atoms with E-state index in [9.17, 15) is 0 Å². The van der Waals surface area contributed by atoms with Crippen LogP contribution in [0.15, 0.2) is 18.2 Å². The molecular formula is C16H25NO2. The van der Waals surface area contributed by atoms with Crippen LogP contribution in [0.1, 0.15) is 44.1 Å². The molecule has 1 aliphatic rings. The fraction of sp³-hybridized carbons (Fsp3) is 0.625. The van der Waals surface area contributed by atoms with Crippen molar-refractivity contribution in [3.63, 3.8) is 0 Å². The van der Waals surface area contributed by atoms with Crippen LogP contribution in [0.2, 0.25) is 0 Å². The molecule has 0 heterocycles. The smallest absolute Gasteiger partial charge is 0.126 e. The SMILES string of the molecule is CCCNC1CCC(c2c(OC)cccc2OC)C1. The summed E-state index contributed by atoms with van der Waals surface area (Å²) in [6.07, 6.45) is 4.82. The zero-order valence-corrected chi connectivity index (χ0v) is 12.2. The van der Waals surface area contributed by atoms with Crippen LogP contribution in [-0.4, -0.2) is 26.8 Å². The third-order valence-corrected chi connectivity index (χ3v) is 3.99. The van der Waals surface area contributed by atoms with Gasteiger partial charge < -0.3 is 14.8 Å². The van der Waals surface area contributed by atoms with Crippen LogP contribution < -0.4 is 14.8 Å². The van der Waals surface area contributed by atoms with E-state index in [-0.39, 0.29) is 0 Å². The zero-order valence-electron chi connectivity index (χ0n) is 12.2. The van der Waals surface area contributed by atoms with E-state index in [4.69, 9.17) is 9.47 Å². The van der Waals surface area contributed by atoms with Gasteiger partial charge in [-0.25, -0.2) is 0 Å². The molecule has 2 atom stereocenters. The molecule has 0 radical (unpaired) electrons. The second-order valence-corrected chi connectivity index (χ2v) is 5.24. The van der Waals surface area contributed by atoms with Crippen molar-refractivity contribution in [3.8, 4) is 11.5 Å². The molecule has 1 saturated carbocycles. The lowest BCUT2D eigenvalue weighted by atomic mass is 9.95. The van der Waals surface area contributed by atoms with Crippen molar-refractivity contribution in [2.24, 2.45) is 0 Å². The molecule has 3 nitrogen and oxygen atoms in total. The summed E-state index contributed by atoms with van der Waals surface area (Å²) in [4.78, 5) is 0. The second-order valence-electron chi connectivity index (χ2n) is 5.24. The van der Waals surface area contributed by atoms with Gasteiger partial charge >= 0.3 is 0 Å². The van der Waals surface area contributed by atoms with Gasteiger partial charge in [-0.2, -0.15) is 0 Å². The number of nitrogens with one attached hydrogen (secondary N) is 1. The molecule has 3 heteroatoms. The molecule has 0 bridgehead atoms. The molecule has 0 saturated heterocycles. The highest BCUT2D eigenvalue weighted by Gasteiger charge is 2.29. The van der Waals surface area contributed by atoms with E-state index in [1.807, 2.05) is 18.2 Å². The highest BCUT2D eigenvalue weighted by atomic mass is 16.5. The van der Waals surface area contributed by atoms with E-state index in [1.165, 1.54) is 31.2 Å². The van der Waals surface area contributed by atoms with E-state index in [1.54, 1.807) is 14.2 Å². The Labute approximate surface area is 116 Å². The quantitative estimate of drug-likeness (QED) is 0.854. The predicted octanol–water partition coefficient (Wildman–Crippen LogP) is 3.34. The van der Waals surface area contributed by atoms with Crippen molar-refractivity contribution < 1.29 is 9.47 Å². The lowest BCUT2D eigenvalue weighted by molar-refractivity contribution is 0.378. The van der Waals surface area contributed by atoms with Crippen LogP contribution in [0.5, 0.6) is 11.5 Å². The molecule has 0 aliphatic heterocycles. The summed E-state index contributed by atoms with van der Waals surface area (Å²) in [6.45, 7) is 3.32. The molecule has 1 N–H and O–H groups in total. The van der Waals surface area contributed by atoms with Gasteiger partial charge in [0.15, 0.2) is 0 Å². The standard InChI is InChI=1S/C16H25NO2/c1-4-10-17-13-9-8-12(11-13)16-14(18-2)6-5-7-15(16)19-3/h5-7,12-13,17H,4,8-11H2,1-3H3. The Bertz CT molecular complexity index is 383. The molecule has 0 aromatic heterocycles. The Morgan fingerprint density at radius 1 is 1.16 bits per heavy atom. The average Bonchev–Trinajstić information content (AvgIpc) is 2.92. The van der Waals surface area contributed by atoms with Gasteiger partial charge in [-0.3, -0.25) is 0 Å². The highest BCUT2D eigenvalue weighted by molar-refractivity contribution is 5.47. The van der Waals surface area contributed by atoms with Crippen molar-refractivity contribution in [2.45, 2.75) is 44.6 Å². The highest BCUT2D eigenvalue weighted by Crippen LogP contribution is 2.43. The maximum Gasteiger partial charge on any atom is 0.126 e. The molecular weight excluding hydrogens is 238 g/mol. The summed E-state index contributed by atoms with van der Waals surface area (Å²) in [5, 5.41) is 3.62. The Morgan fingerprint density at radius 3 is 2.42 bits per heavy atom. The van der Waals surface area contributed by atoms with Crippen LogP contribution in [0.4, 0.5) is 0 Å². The van der Waals surface area contributed by atoms with E-state index >= 15 is 0 Å². The molecule has 0 amide bonds. The van der Waals surface area contributed by atoms with Gasteiger partial charge in [0.2, 0.25) is 0 Å². The van der Waals surface area contributed by atoms with Crippen molar-refractivity contribution in [1.29, 1.82) is 0 Å². The van der Waals surface area contributed by atoms with Crippen molar-refractivity contribution in [1.82, 2.24) is 5.32 Å². The number of hydrogen-bond acceptors (Lipinski definition) is 3. The van der Waals surface area contributed by atoms with Crippen molar-refractivity contribution in [3.05, 3.63) is 23.8 Å². The fourth-order valence-electron chi connectivity index (χ4n) is 3.06. The summed E-state index contributed by atoms with van der Waals surface area (Å²) >= 11 is 0. The summed E-state index contributed by atoms with van der Waals surface area (Å²) in [7, 11) is 3.47. The number of hydrogen-bond donors (Lipinski definition) is 1. The number of methoxy groups -OCH3 is 2. The van der Waals surface area contributed by atoms with Gasteiger partial charge in [-0.1, -0.05) is 13.0 Å². The third kappa shape index (κ3) is 3.21. The Morgan fingerprint density at radius 2 is 1.84 bits per heavy atom. The van der Waals surface area contributed by atoms with Crippen LogP contribution in [0, 0.1) is 0 Å². The Hall–Kier alpha value is -1.22. The first kappa shape index (κ1) is 14.2. The van der Waals surface area contributed by atoms with Gasteiger partial charge in [0.25, 0.3) is 0 Å². The summed E-state index contributed by atoms with van der Waals surface area (Å²) in [5.74, 6) is 2.46. The number of benzene rings is 1. The molecule has 1 fully saturated rings. The number of rotatable bonds is 6. The van der Waals surface area contributed by atoms with Crippen LogP contribution in [0.3, 0.4) is 0 Å². The lowest BCUT2D eigenvalue weighted by Gasteiger charge is -2.18. The molecule has 1 aromatic rings. The largest absolute Gasteiger partial charge is 0.496 e. The monoisotopic (exact) mass is 263 g/mol. The second kappa shape index (κ2) is 6.80. The minimum absolute atomic E-state index is 0.542. The van der Waals surface area contributed by atoms with E-state index in [0.29, 0.717) is 12.0 Å². The number of ether oxygens (including phenoxy) is 2. The maximum atomic E-state index is 5.52. The van der Waals surface area contributed by atoms with Gasteiger partial charge in [-0.05, 0) is 50.3 Å². The lowest BCUT2D eigenvalue weighted by Crippen LogP contribution is -2.26. The van der Waals surface area contributed by atoms with Gasteiger partial charge in [0.1, 0.15) is 11.5 Å². The van der Waals surface area contributed by atoms with E-state index in [0.717, 1.165) is 18.0 Å². The van der Waals surface area contributed by atoms with Gasteiger partial charge in [0, 0.05) is 11.6 Å². The summed E-state index contributed by atoms with van der Waals surface area (Å²) in [5.41, 5.74) is 1.24. The third-order valence-electron chi connectivity index (χ3n) is 3.99. The summed E-state index contributed by atoms with van der Waals surface area (Å²) in [6, 6.07) is 6.69. The minimum Gasteiger partial charge on any atom is -0.496 e. The normalized spacial score (nSPS) is 22.5. The van der Waals surface area contributed by atoms with Gasteiger partial charge in [-0.15, -0.1) is 0 Å². The average molecular weight is 263 g/mol. The topological polar surface area (TPSA) is 30.5 Å². The van der Waals surface area contributed by atoms with Crippen molar-refractivity contribution >= 4 is 0 Å². The van der Waals surface area contributed by atoms with Crippen molar-refractivity contribution in [2.75, 3.05) is 20.8 Å². The van der Waals surface area contributed by atoms with E-state index in [2.05, 4.69) is 12.2 Å². The Balaban J connectivity index is 2.14. The zero-order chi connectivity index (χ0) is 13.7. The van der Waals surface area contributed by atoms with Gasteiger partial charge in [0.05, 0.1) is 14.2 Å². The summed E-state index contributed by atoms with van der Waals surface area (Å²) < 4.78 is 11.0. The molecule has 106 valence electrons. The first-order valence-corrected chi connectivity index (χ1v) is 7.24. The molecule has 1 aliphatic carbocycles. The Kier molecular flexibility index (Phi) is 5.08. The molecule has 0 spiro atoms.